The van der Waals surface area contributed by atoms with E-state index in [9.17, 15) is 15.0 Å². The SMILES string of the molecule is O=C(Cc1nnc2c(C3CC3)nc(-c3cccnc3)cn12)N[C@@H](CC1CCCCC1)[C@@H](O)[C@@H](O)C1CC1. The minimum atomic E-state index is -0.962. The fraction of sp³-hybridized carbons (Fsp3) is 0.607. The van der Waals surface area contributed by atoms with Crippen molar-refractivity contribution in [3.8, 4) is 11.3 Å². The number of amides is 1. The Kier molecular flexibility index (Phi) is 6.90. The van der Waals surface area contributed by atoms with Crippen molar-refractivity contribution in [3.05, 3.63) is 42.2 Å². The summed E-state index contributed by atoms with van der Waals surface area (Å²) in [4.78, 5) is 22.4. The van der Waals surface area contributed by atoms with E-state index in [1.807, 2.05) is 22.7 Å². The molecule has 3 aliphatic rings. The van der Waals surface area contributed by atoms with Crippen molar-refractivity contribution in [1.82, 2.24) is 29.9 Å². The summed E-state index contributed by atoms with van der Waals surface area (Å²) in [6, 6.07) is 3.38. The van der Waals surface area contributed by atoms with Crippen molar-refractivity contribution < 1.29 is 15.0 Å². The normalized spacial score (nSPS) is 21.0. The highest BCUT2D eigenvalue weighted by atomic mass is 16.3. The highest BCUT2D eigenvalue weighted by Crippen LogP contribution is 2.41. The quantitative estimate of drug-likeness (QED) is 0.387. The van der Waals surface area contributed by atoms with Gasteiger partial charge in [-0.25, -0.2) is 4.98 Å². The van der Waals surface area contributed by atoms with Crippen molar-refractivity contribution in [1.29, 1.82) is 0 Å². The molecule has 3 atom stereocenters. The van der Waals surface area contributed by atoms with Gasteiger partial charge < -0.3 is 15.5 Å². The summed E-state index contributed by atoms with van der Waals surface area (Å²) in [5.74, 6) is 1.29. The highest BCUT2D eigenvalue weighted by molar-refractivity contribution is 5.78. The predicted octanol–water partition coefficient (Wildman–Crippen LogP) is 3.19. The molecule has 3 aromatic heterocycles. The van der Waals surface area contributed by atoms with Crippen LogP contribution < -0.4 is 5.32 Å². The zero-order chi connectivity index (χ0) is 25.4. The summed E-state index contributed by atoms with van der Waals surface area (Å²) in [5, 5.41) is 33.5. The number of hydrogen-bond acceptors (Lipinski definition) is 7. The molecule has 6 rings (SSSR count). The number of hydrogen-bond donors (Lipinski definition) is 3. The molecule has 1 amide bonds. The van der Waals surface area contributed by atoms with Gasteiger partial charge in [0.2, 0.25) is 5.91 Å². The number of nitrogens with zero attached hydrogens (tertiary/aromatic N) is 5. The van der Waals surface area contributed by atoms with Gasteiger partial charge in [-0.3, -0.25) is 14.2 Å². The molecule has 3 heterocycles. The first kappa shape index (κ1) is 24.4. The Bertz CT molecular complexity index is 1230. The molecular weight excluding hydrogens is 468 g/mol. The second-order valence-corrected chi connectivity index (χ2v) is 11.2. The first-order valence-corrected chi connectivity index (χ1v) is 13.9. The van der Waals surface area contributed by atoms with Gasteiger partial charge in [0, 0.05) is 30.1 Å². The standard InChI is InChI=1S/C28H36N6O3/c35-24(30-21(13-17-5-2-1-3-6-17)27(37)26(36)19-10-11-19)14-23-32-33-28-25(18-8-9-18)31-22(16-34(23)28)20-7-4-12-29-15-20/h4,7,12,15-19,21,26-27,36-37H,1-3,5-6,8-11,13-14H2,(H,30,35)/t21-,26-,27+/m0/s1. The number of aromatic nitrogens is 5. The molecule has 0 saturated heterocycles. The summed E-state index contributed by atoms with van der Waals surface area (Å²) in [5.41, 5.74) is 3.29. The molecule has 0 unspecified atom stereocenters. The Labute approximate surface area is 216 Å². The van der Waals surface area contributed by atoms with Crippen LogP contribution in [-0.2, 0) is 11.2 Å². The third-order valence-corrected chi connectivity index (χ3v) is 8.25. The van der Waals surface area contributed by atoms with Gasteiger partial charge in [-0.1, -0.05) is 32.1 Å². The number of carbonyl (C=O) groups is 1. The predicted molar refractivity (Wildman–Crippen MR) is 138 cm³/mol. The minimum Gasteiger partial charge on any atom is -0.390 e. The molecule has 0 spiro atoms. The molecule has 3 aliphatic carbocycles. The van der Waals surface area contributed by atoms with Crippen molar-refractivity contribution in [2.45, 2.75) is 94.8 Å². The molecule has 0 aliphatic heterocycles. The second-order valence-electron chi connectivity index (χ2n) is 11.2. The van der Waals surface area contributed by atoms with Crippen LogP contribution in [0.15, 0.2) is 30.7 Å². The van der Waals surface area contributed by atoms with Gasteiger partial charge >= 0.3 is 0 Å². The maximum atomic E-state index is 13.3. The maximum Gasteiger partial charge on any atom is 0.227 e. The first-order chi connectivity index (χ1) is 18.1. The molecule has 196 valence electrons. The van der Waals surface area contributed by atoms with Crippen LogP contribution in [0, 0.1) is 11.8 Å². The third-order valence-electron chi connectivity index (χ3n) is 8.25. The summed E-state index contributed by atoms with van der Waals surface area (Å²) >= 11 is 0. The van der Waals surface area contributed by atoms with Crippen LogP contribution in [0.3, 0.4) is 0 Å². The zero-order valence-electron chi connectivity index (χ0n) is 21.2. The molecule has 0 radical (unpaired) electrons. The van der Waals surface area contributed by atoms with Gasteiger partial charge in [0.25, 0.3) is 0 Å². The molecule has 3 fully saturated rings. The smallest absolute Gasteiger partial charge is 0.227 e. The van der Waals surface area contributed by atoms with Gasteiger partial charge in [-0.2, -0.15) is 0 Å². The molecule has 0 aromatic carbocycles. The second kappa shape index (κ2) is 10.5. The van der Waals surface area contributed by atoms with E-state index in [1.54, 1.807) is 12.4 Å². The fourth-order valence-corrected chi connectivity index (χ4v) is 5.79. The largest absolute Gasteiger partial charge is 0.390 e. The van der Waals surface area contributed by atoms with Crippen LogP contribution in [-0.4, -0.2) is 58.9 Å². The Hall–Kier alpha value is -2.91. The highest BCUT2D eigenvalue weighted by Gasteiger charge is 2.39. The molecule has 9 heteroatoms. The van der Waals surface area contributed by atoms with Crippen molar-refractivity contribution in [2.75, 3.05) is 0 Å². The Balaban J connectivity index is 1.23. The number of pyridine rings is 1. The van der Waals surface area contributed by atoms with Crippen LogP contribution in [0.5, 0.6) is 0 Å². The Morgan fingerprint density at radius 2 is 1.89 bits per heavy atom. The molecule has 9 nitrogen and oxygen atoms in total. The summed E-state index contributed by atoms with van der Waals surface area (Å²) in [7, 11) is 0. The van der Waals surface area contributed by atoms with Crippen LogP contribution in [0.25, 0.3) is 16.9 Å². The lowest BCUT2D eigenvalue weighted by atomic mass is 9.82. The van der Waals surface area contributed by atoms with Crippen molar-refractivity contribution in [2.24, 2.45) is 11.8 Å². The lowest BCUT2D eigenvalue weighted by molar-refractivity contribution is -0.123. The number of aliphatic hydroxyl groups is 2. The van der Waals surface area contributed by atoms with Crippen LogP contribution in [0.4, 0.5) is 0 Å². The molecule has 37 heavy (non-hydrogen) atoms. The van der Waals surface area contributed by atoms with E-state index in [1.165, 1.54) is 19.3 Å². The van der Waals surface area contributed by atoms with Crippen molar-refractivity contribution >= 4 is 11.6 Å². The van der Waals surface area contributed by atoms with E-state index in [0.29, 0.717) is 29.7 Å². The van der Waals surface area contributed by atoms with Crippen LogP contribution in [0.1, 0.15) is 81.6 Å². The average molecular weight is 505 g/mol. The summed E-state index contributed by atoms with van der Waals surface area (Å²) in [6.45, 7) is 0. The average Bonchev–Trinajstić information content (AvgIpc) is 3.86. The zero-order valence-corrected chi connectivity index (χ0v) is 21.2. The molecule has 3 N–H and O–H groups in total. The Morgan fingerprint density at radius 3 is 2.59 bits per heavy atom. The summed E-state index contributed by atoms with van der Waals surface area (Å²) < 4.78 is 1.88. The number of nitrogens with one attached hydrogen (secondary N) is 1. The van der Waals surface area contributed by atoms with Crippen LogP contribution >= 0.6 is 0 Å². The van der Waals surface area contributed by atoms with Crippen LogP contribution in [0.2, 0.25) is 0 Å². The van der Waals surface area contributed by atoms with Crippen molar-refractivity contribution in [3.63, 3.8) is 0 Å². The topological polar surface area (TPSA) is 126 Å². The fourth-order valence-electron chi connectivity index (χ4n) is 5.79. The monoisotopic (exact) mass is 504 g/mol. The van der Waals surface area contributed by atoms with E-state index in [4.69, 9.17) is 4.98 Å². The van der Waals surface area contributed by atoms with E-state index < -0.39 is 18.2 Å². The van der Waals surface area contributed by atoms with E-state index in [2.05, 4.69) is 20.5 Å². The number of fused-ring (bicyclic) bond motifs is 1. The lowest BCUT2D eigenvalue weighted by Gasteiger charge is -2.32. The van der Waals surface area contributed by atoms with E-state index >= 15 is 0 Å². The number of carbonyl (C=O) groups excluding carboxylic acids is 1. The van der Waals surface area contributed by atoms with Gasteiger partial charge in [0.05, 0.1) is 30.0 Å². The van der Waals surface area contributed by atoms with Gasteiger partial charge in [0.1, 0.15) is 11.9 Å². The third kappa shape index (κ3) is 5.52. The first-order valence-electron chi connectivity index (χ1n) is 13.9. The van der Waals surface area contributed by atoms with Gasteiger partial charge in [0.15, 0.2) is 5.65 Å². The lowest BCUT2D eigenvalue weighted by Crippen LogP contribution is -2.50. The maximum absolute atomic E-state index is 13.3. The minimum absolute atomic E-state index is 0.0369. The van der Waals surface area contributed by atoms with Gasteiger partial charge in [-0.05, 0) is 56.1 Å². The molecule has 0 bridgehead atoms. The summed E-state index contributed by atoms with van der Waals surface area (Å²) in [6.07, 6.45) is 14.2. The van der Waals surface area contributed by atoms with E-state index in [0.717, 1.165) is 55.5 Å². The van der Waals surface area contributed by atoms with E-state index in [-0.39, 0.29) is 18.2 Å². The molecule has 3 aromatic rings. The molecular formula is C28H36N6O3. The van der Waals surface area contributed by atoms with Gasteiger partial charge in [-0.15, -0.1) is 10.2 Å². The Morgan fingerprint density at radius 1 is 1.08 bits per heavy atom. The number of aliphatic hydroxyl groups excluding tert-OH is 2. The molecule has 3 saturated carbocycles. The number of rotatable bonds is 10.